The number of hydrogen-bond donors (Lipinski definition) is 2. The van der Waals surface area contributed by atoms with Crippen LogP contribution in [-0.2, 0) is 9.47 Å². The second-order valence-electron chi connectivity index (χ2n) is 3.77. The lowest BCUT2D eigenvalue weighted by Crippen LogP contribution is -2.45. The quantitative estimate of drug-likeness (QED) is 0.639. The van der Waals surface area contributed by atoms with Gasteiger partial charge in [0.2, 0.25) is 0 Å². The molecule has 0 aromatic heterocycles. The lowest BCUT2D eigenvalue weighted by Gasteiger charge is -2.29. The van der Waals surface area contributed by atoms with Crippen LogP contribution in [0.2, 0.25) is 0 Å². The van der Waals surface area contributed by atoms with Gasteiger partial charge in [0.05, 0.1) is 6.10 Å². The predicted molar refractivity (Wildman–Crippen MR) is 54.1 cm³/mol. The highest BCUT2D eigenvalue weighted by Crippen LogP contribution is 2.18. The maximum atomic E-state index is 9.68. The van der Waals surface area contributed by atoms with Crippen molar-refractivity contribution in [3.05, 3.63) is 0 Å². The summed E-state index contributed by atoms with van der Waals surface area (Å²) in [5.74, 6) is 0. The van der Waals surface area contributed by atoms with E-state index >= 15 is 0 Å². The summed E-state index contributed by atoms with van der Waals surface area (Å²) in [7, 11) is 3.24. The molecule has 0 aromatic carbocycles. The summed E-state index contributed by atoms with van der Waals surface area (Å²) in [5.41, 5.74) is 0. The van der Waals surface area contributed by atoms with Gasteiger partial charge in [0.25, 0.3) is 0 Å². The fourth-order valence-electron chi connectivity index (χ4n) is 1.86. The van der Waals surface area contributed by atoms with Gasteiger partial charge in [0, 0.05) is 26.8 Å². The molecule has 1 aliphatic rings. The van der Waals surface area contributed by atoms with E-state index < -0.39 is 0 Å². The molecule has 2 N–H and O–H groups in total. The second-order valence-corrected chi connectivity index (χ2v) is 3.77. The molecule has 0 unspecified atom stereocenters. The molecule has 0 amide bonds. The van der Waals surface area contributed by atoms with E-state index in [-0.39, 0.29) is 18.4 Å². The van der Waals surface area contributed by atoms with Crippen molar-refractivity contribution in [3.63, 3.8) is 0 Å². The van der Waals surface area contributed by atoms with Gasteiger partial charge in [-0.05, 0) is 12.8 Å². The molecule has 14 heavy (non-hydrogen) atoms. The zero-order valence-corrected chi connectivity index (χ0v) is 9.03. The first-order valence-corrected chi connectivity index (χ1v) is 5.25. The Morgan fingerprint density at radius 3 is 2.50 bits per heavy atom. The molecule has 0 bridgehead atoms. The molecule has 1 rings (SSSR count). The number of aliphatic hydroxyl groups is 1. The summed E-state index contributed by atoms with van der Waals surface area (Å²) in [5, 5.41) is 13.0. The number of rotatable bonds is 5. The Labute approximate surface area is 85.6 Å². The van der Waals surface area contributed by atoms with E-state index in [0.717, 1.165) is 19.3 Å². The summed E-state index contributed by atoms with van der Waals surface area (Å²) in [6.45, 7) is 0.634. The van der Waals surface area contributed by atoms with E-state index in [9.17, 15) is 5.11 Å². The average molecular weight is 203 g/mol. The number of aliphatic hydroxyl groups excluding tert-OH is 1. The number of nitrogens with one attached hydrogen (secondary N) is 1. The van der Waals surface area contributed by atoms with Gasteiger partial charge >= 0.3 is 0 Å². The van der Waals surface area contributed by atoms with Gasteiger partial charge < -0.3 is 19.9 Å². The molecule has 4 nitrogen and oxygen atoms in total. The third kappa shape index (κ3) is 3.53. The fraction of sp³-hybridized carbons (Fsp3) is 1.00. The van der Waals surface area contributed by atoms with Gasteiger partial charge in [-0.15, -0.1) is 0 Å². The topological polar surface area (TPSA) is 50.7 Å². The summed E-state index contributed by atoms with van der Waals surface area (Å²) in [6.07, 6.45) is 3.85. The zero-order chi connectivity index (χ0) is 10.4. The number of methoxy groups -OCH3 is 2. The Balaban J connectivity index is 2.21. The predicted octanol–water partition coefficient (Wildman–Crippen LogP) is 0.498. The molecule has 1 saturated carbocycles. The Bertz CT molecular complexity index is 150. The van der Waals surface area contributed by atoms with Crippen LogP contribution in [0.5, 0.6) is 0 Å². The zero-order valence-electron chi connectivity index (χ0n) is 9.03. The Morgan fingerprint density at radius 1 is 1.29 bits per heavy atom. The maximum absolute atomic E-state index is 9.68. The van der Waals surface area contributed by atoms with Gasteiger partial charge in [-0.2, -0.15) is 0 Å². The highest BCUT2D eigenvalue weighted by molar-refractivity contribution is 4.80. The highest BCUT2D eigenvalue weighted by Gasteiger charge is 2.23. The summed E-state index contributed by atoms with van der Waals surface area (Å²) in [6, 6.07) is 0.205. The molecule has 4 heteroatoms. The van der Waals surface area contributed by atoms with E-state index in [0.29, 0.717) is 6.54 Å². The van der Waals surface area contributed by atoms with Crippen LogP contribution in [0.15, 0.2) is 0 Å². The molecular weight excluding hydrogens is 182 g/mol. The molecular formula is C10H21NO3. The standard InChI is InChI=1S/C10H21NO3/c1-13-10(14-2)7-11-8-5-3-4-6-9(8)12/h8-12H,3-7H2,1-2H3/t8-,9-/m0/s1. The van der Waals surface area contributed by atoms with E-state index in [2.05, 4.69) is 5.32 Å². The molecule has 0 radical (unpaired) electrons. The minimum absolute atomic E-state index is 0.205. The first-order valence-electron chi connectivity index (χ1n) is 5.25. The van der Waals surface area contributed by atoms with Crippen LogP contribution in [0.25, 0.3) is 0 Å². The first kappa shape index (κ1) is 11.9. The smallest absolute Gasteiger partial charge is 0.169 e. The fourth-order valence-corrected chi connectivity index (χ4v) is 1.86. The molecule has 0 saturated heterocycles. The van der Waals surface area contributed by atoms with Crippen molar-refractivity contribution in [1.82, 2.24) is 5.32 Å². The van der Waals surface area contributed by atoms with E-state index in [1.807, 2.05) is 0 Å². The summed E-state index contributed by atoms with van der Waals surface area (Å²) >= 11 is 0. The van der Waals surface area contributed by atoms with E-state index in [1.165, 1.54) is 6.42 Å². The molecule has 2 atom stereocenters. The van der Waals surface area contributed by atoms with Crippen molar-refractivity contribution >= 4 is 0 Å². The molecule has 0 aliphatic heterocycles. The van der Waals surface area contributed by atoms with Gasteiger partial charge in [-0.1, -0.05) is 12.8 Å². The van der Waals surface area contributed by atoms with Gasteiger partial charge in [0.1, 0.15) is 0 Å². The summed E-state index contributed by atoms with van der Waals surface area (Å²) < 4.78 is 10.1. The van der Waals surface area contributed by atoms with Crippen LogP contribution in [-0.4, -0.2) is 44.3 Å². The Morgan fingerprint density at radius 2 is 1.93 bits per heavy atom. The van der Waals surface area contributed by atoms with Crippen molar-refractivity contribution < 1.29 is 14.6 Å². The number of ether oxygens (including phenoxy) is 2. The van der Waals surface area contributed by atoms with Crippen molar-refractivity contribution in [1.29, 1.82) is 0 Å². The average Bonchev–Trinajstić information content (AvgIpc) is 2.22. The maximum Gasteiger partial charge on any atom is 0.169 e. The van der Waals surface area contributed by atoms with Gasteiger partial charge in [0.15, 0.2) is 6.29 Å². The molecule has 1 aliphatic carbocycles. The monoisotopic (exact) mass is 203 g/mol. The Kier molecular flexibility index (Phi) is 5.40. The van der Waals surface area contributed by atoms with E-state index in [1.54, 1.807) is 14.2 Å². The van der Waals surface area contributed by atoms with Crippen LogP contribution in [0.4, 0.5) is 0 Å². The van der Waals surface area contributed by atoms with Crippen molar-refractivity contribution in [2.45, 2.75) is 44.1 Å². The van der Waals surface area contributed by atoms with Crippen LogP contribution in [0, 0.1) is 0 Å². The lowest BCUT2D eigenvalue weighted by molar-refractivity contribution is -0.102. The first-order chi connectivity index (χ1) is 6.77. The van der Waals surface area contributed by atoms with Crippen molar-refractivity contribution in [2.75, 3.05) is 20.8 Å². The number of hydrogen-bond acceptors (Lipinski definition) is 4. The SMILES string of the molecule is COC(CN[C@H]1CCCC[C@@H]1O)OC. The molecule has 1 fully saturated rings. The third-order valence-corrected chi connectivity index (χ3v) is 2.80. The van der Waals surface area contributed by atoms with Crippen LogP contribution in [0.3, 0.4) is 0 Å². The van der Waals surface area contributed by atoms with Crippen LogP contribution in [0.1, 0.15) is 25.7 Å². The largest absolute Gasteiger partial charge is 0.392 e. The van der Waals surface area contributed by atoms with Crippen LogP contribution < -0.4 is 5.32 Å². The second kappa shape index (κ2) is 6.35. The summed E-state index contributed by atoms with van der Waals surface area (Å²) in [4.78, 5) is 0. The molecule has 0 aromatic rings. The van der Waals surface area contributed by atoms with E-state index in [4.69, 9.17) is 9.47 Å². The molecule has 84 valence electrons. The van der Waals surface area contributed by atoms with Crippen molar-refractivity contribution in [2.24, 2.45) is 0 Å². The normalized spacial score (nSPS) is 28.3. The Hall–Kier alpha value is -0.160. The lowest BCUT2D eigenvalue weighted by atomic mass is 9.93. The third-order valence-electron chi connectivity index (χ3n) is 2.80. The minimum atomic E-state index is -0.218. The van der Waals surface area contributed by atoms with Crippen molar-refractivity contribution in [3.8, 4) is 0 Å². The minimum Gasteiger partial charge on any atom is -0.392 e. The molecule has 0 heterocycles. The van der Waals surface area contributed by atoms with Crippen LogP contribution >= 0.6 is 0 Å². The molecule has 0 spiro atoms. The van der Waals surface area contributed by atoms with Gasteiger partial charge in [-0.25, -0.2) is 0 Å². The van der Waals surface area contributed by atoms with Gasteiger partial charge in [-0.3, -0.25) is 0 Å². The highest BCUT2D eigenvalue weighted by atomic mass is 16.7.